The molecule has 1 heterocycles. The molecule has 0 spiro atoms. The minimum atomic E-state index is -0.321. The molecular formula is C19H20FN3OS. The number of halogens is 1. The zero-order valence-corrected chi connectivity index (χ0v) is 15.0. The van der Waals surface area contributed by atoms with Crippen molar-refractivity contribution in [1.29, 1.82) is 0 Å². The monoisotopic (exact) mass is 357 g/mol. The summed E-state index contributed by atoms with van der Waals surface area (Å²) >= 11 is 1.64. The van der Waals surface area contributed by atoms with Crippen molar-refractivity contribution in [2.45, 2.75) is 25.9 Å². The Bertz CT molecular complexity index is 829. The molecule has 1 unspecified atom stereocenters. The van der Waals surface area contributed by atoms with Crippen LogP contribution in [0.4, 0.5) is 10.1 Å². The van der Waals surface area contributed by atoms with E-state index in [9.17, 15) is 9.18 Å². The molecule has 1 N–H and O–H groups in total. The fraction of sp³-hybridized carbons (Fsp3) is 0.263. The van der Waals surface area contributed by atoms with Gasteiger partial charge in [0.1, 0.15) is 10.8 Å². The fourth-order valence-corrected chi connectivity index (χ4v) is 3.80. The smallest absolute Gasteiger partial charge is 0.241 e. The van der Waals surface area contributed by atoms with Gasteiger partial charge in [0.15, 0.2) is 0 Å². The minimum absolute atomic E-state index is 0.0993. The van der Waals surface area contributed by atoms with Gasteiger partial charge >= 0.3 is 0 Å². The van der Waals surface area contributed by atoms with Crippen LogP contribution < -0.4 is 5.32 Å². The summed E-state index contributed by atoms with van der Waals surface area (Å²) in [7, 11) is 1.92. The van der Waals surface area contributed by atoms with Gasteiger partial charge in [-0.05, 0) is 49.9 Å². The maximum atomic E-state index is 13.0. The number of hydrogen-bond donors (Lipinski definition) is 1. The first-order chi connectivity index (χ1) is 12.1. The molecule has 3 rings (SSSR count). The number of fused-ring (bicyclic) bond motifs is 1. The highest BCUT2D eigenvalue weighted by Gasteiger charge is 2.22. The Labute approximate surface area is 150 Å². The molecule has 1 atom stereocenters. The molecule has 6 heteroatoms. The van der Waals surface area contributed by atoms with Crippen LogP contribution >= 0.6 is 11.3 Å². The Hall–Kier alpha value is -2.31. The largest absolute Gasteiger partial charge is 0.325 e. The van der Waals surface area contributed by atoms with E-state index >= 15 is 0 Å². The predicted octanol–water partition coefficient (Wildman–Crippen LogP) is 4.28. The number of carbonyl (C=O) groups excluding carboxylic acids is 1. The summed E-state index contributed by atoms with van der Waals surface area (Å²) in [5.74, 6) is -0.421. The first kappa shape index (κ1) is 17.5. The van der Waals surface area contributed by atoms with Crippen LogP contribution in [0.1, 0.15) is 18.4 Å². The molecule has 25 heavy (non-hydrogen) atoms. The van der Waals surface area contributed by atoms with Crippen LogP contribution in [-0.4, -0.2) is 28.9 Å². The average Bonchev–Trinajstić information content (AvgIpc) is 2.99. The molecule has 1 aromatic heterocycles. The van der Waals surface area contributed by atoms with E-state index in [4.69, 9.17) is 0 Å². The first-order valence-corrected chi connectivity index (χ1v) is 8.99. The Morgan fingerprint density at radius 1 is 1.24 bits per heavy atom. The van der Waals surface area contributed by atoms with Gasteiger partial charge in [0.25, 0.3) is 0 Å². The maximum absolute atomic E-state index is 13.0. The first-order valence-electron chi connectivity index (χ1n) is 8.18. The lowest BCUT2D eigenvalue weighted by atomic mass is 10.1. The number of aromatic nitrogens is 1. The summed E-state index contributed by atoms with van der Waals surface area (Å²) < 4.78 is 14.1. The van der Waals surface area contributed by atoms with Gasteiger partial charge in [-0.25, -0.2) is 9.37 Å². The number of nitrogens with zero attached hydrogens (tertiary/aromatic N) is 2. The number of thiazole rings is 1. The number of nitrogens with one attached hydrogen (secondary N) is 1. The van der Waals surface area contributed by atoms with Crippen LogP contribution in [-0.2, 0) is 11.3 Å². The van der Waals surface area contributed by atoms with E-state index in [2.05, 4.69) is 16.4 Å². The van der Waals surface area contributed by atoms with Crippen molar-refractivity contribution in [2.75, 3.05) is 12.4 Å². The van der Waals surface area contributed by atoms with Crippen molar-refractivity contribution >= 4 is 33.1 Å². The average molecular weight is 357 g/mol. The molecule has 3 aromatic rings. The van der Waals surface area contributed by atoms with Gasteiger partial charge in [0.2, 0.25) is 5.91 Å². The second-order valence-corrected chi connectivity index (χ2v) is 7.03. The number of likely N-dealkylation sites (N-methyl/N-ethyl adjacent to an activating group) is 1. The van der Waals surface area contributed by atoms with Crippen molar-refractivity contribution in [3.05, 3.63) is 59.4 Å². The minimum Gasteiger partial charge on any atom is -0.325 e. The van der Waals surface area contributed by atoms with E-state index in [0.29, 0.717) is 18.7 Å². The number of anilines is 1. The Kier molecular flexibility index (Phi) is 5.40. The van der Waals surface area contributed by atoms with Crippen molar-refractivity contribution in [3.63, 3.8) is 0 Å². The third-order valence-corrected chi connectivity index (χ3v) is 5.08. The third-order valence-electron chi connectivity index (χ3n) is 4.06. The number of carbonyl (C=O) groups is 1. The lowest BCUT2D eigenvalue weighted by Crippen LogP contribution is -2.41. The van der Waals surface area contributed by atoms with Crippen LogP contribution in [0.3, 0.4) is 0 Å². The molecule has 2 aromatic carbocycles. The number of amides is 1. The normalized spacial score (nSPS) is 12.5. The van der Waals surface area contributed by atoms with Crippen molar-refractivity contribution in [2.24, 2.45) is 0 Å². The summed E-state index contributed by atoms with van der Waals surface area (Å²) in [6, 6.07) is 13.5. The van der Waals surface area contributed by atoms with Gasteiger partial charge in [-0.2, -0.15) is 0 Å². The van der Waals surface area contributed by atoms with Gasteiger partial charge in [-0.3, -0.25) is 9.69 Å². The molecule has 0 saturated heterocycles. The van der Waals surface area contributed by atoms with Crippen molar-refractivity contribution in [3.8, 4) is 0 Å². The van der Waals surface area contributed by atoms with E-state index in [1.165, 1.54) is 12.1 Å². The van der Waals surface area contributed by atoms with E-state index in [1.54, 1.807) is 23.5 Å². The lowest BCUT2D eigenvalue weighted by molar-refractivity contribution is -0.121. The highest BCUT2D eigenvalue weighted by atomic mass is 32.1. The van der Waals surface area contributed by atoms with Gasteiger partial charge in [0, 0.05) is 5.69 Å². The molecule has 0 aliphatic rings. The van der Waals surface area contributed by atoms with Crippen LogP contribution in [0.25, 0.3) is 10.2 Å². The number of benzene rings is 2. The summed E-state index contributed by atoms with van der Waals surface area (Å²) in [4.78, 5) is 19.2. The van der Waals surface area contributed by atoms with Crippen molar-refractivity contribution in [1.82, 2.24) is 9.88 Å². The zero-order valence-electron chi connectivity index (χ0n) is 14.2. The van der Waals surface area contributed by atoms with Gasteiger partial charge in [0.05, 0.1) is 22.8 Å². The molecule has 0 fully saturated rings. The van der Waals surface area contributed by atoms with E-state index < -0.39 is 0 Å². The van der Waals surface area contributed by atoms with Crippen LogP contribution in [0, 0.1) is 5.82 Å². The van der Waals surface area contributed by atoms with Crippen LogP contribution in [0.2, 0.25) is 0 Å². The molecule has 0 saturated carbocycles. The summed E-state index contributed by atoms with van der Waals surface area (Å²) in [5.41, 5.74) is 1.58. The second-order valence-electron chi connectivity index (χ2n) is 5.91. The van der Waals surface area contributed by atoms with Crippen LogP contribution in [0.15, 0.2) is 48.5 Å². The Balaban J connectivity index is 1.68. The Morgan fingerprint density at radius 3 is 2.64 bits per heavy atom. The number of para-hydroxylation sites is 1. The SMILES string of the molecule is CCC(C(=O)Nc1ccc(F)cc1)N(C)Cc1nc2ccccc2s1. The van der Waals surface area contributed by atoms with E-state index in [-0.39, 0.29) is 17.8 Å². The molecule has 0 bridgehead atoms. The second kappa shape index (κ2) is 7.72. The summed E-state index contributed by atoms with van der Waals surface area (Å²) in [6.07, 6.45) is 0.675. The zero-order chi connectivity index (χ0) is 17.8. The number of rotatable bonds is 6. The van der Waals surface area contributed by atoms with Gasteiger partial charge in [-0.15, -0.1) is 11.3 Å². The summed E-state index contributed by atoms with van der Waals surface area (Å²) in [6.45, 7) is 2.58. The molecule has 130 valence electrons. The Morgan fingerprint density at radius 2 is 1.96 bits per heavy atom. The molecule has 0 aliphatic heterocycles. The standard InChI is InChI=1S/C19H20FN3OS/c1-3-16(19(24)21-14-10-8-13(20)9-11-14)23(2)12-18-22-15-6-4-5-7-17(15)25-18/h4-11,16H,3,12H2,1-2H3,(H,21,24). The van der Waals surface area contributed by atoms with Gasteiger partial charge in [-0.1, -0.05) is 19.1 Å². The van der Waals surface area contributed by atoms with E-state index in [1.807, 2.05) is 37.1 Å². The highest BCUT2D eigenvalue weighted by molar-refractivity contribution is 7.18. The van der Waals surface area contributed by atoms with E-state index in [0.717, 1.165) is 15.2 Å². The summed E-state index contributed by atoms with van der Waals surface area (Å²) in [5, 5.41) is 3.83. The quantitative estimate of drug-likeness (QED) is 0.716. The third kappa shape index (κ3) is 4.21. The lowest BCUT2D eigenvalue weighted by Gasteiger charge is -2.25. The van der Waals surface area contributed by atoms with Gasteiger partial charge < -0.3 is 5.32 Å². The molecule has 0 radical (unpaired) electrons. The van der Waals surface area contributed by atoms with Crippen molar-refractivity contribution < 1.29 is 9.18 Å². The molecule has 1 amide bonds. The maximum Gasteiger partial charge on any atom is 0.241 e. The molecular weight excluding hydrogens is 337 g/mol. The fourth-order valence-electron chi connectivity index (χ4n) is 2.77. The number of hydrogen-bond acceptors (Lipinski definition) is 4. The van der Waals surface area contributed by atoms with Crippen LogP contribution in [0.5, 0.6) is 0 Å². The molecule has 0 aliphatic carbocycles. The molecule has 4 nitrogen and oxygen atoms in total. The predicted molar refractivity (Wildman–Crippen MR) is 100 cm³/mol. The topological polar surface area (TPSA) is 45.2 Å². The highest BCUT2D eigenvalue weighted by Crippen LogP contribution is 2.23.